The Morgan fingerprint density at radius 3 is 1.27 bits per heavy atom. The fourth-order valence-corrected chi connectivity index (χ4v) is 10.6. The summed E-state index contributed by atoms with van der Waals surface area (Å²) in [5, 5.41) is 4.21. The number of hydrogen-bond acceptors (Lipinski definition) is 6. The van der Waals surface area contributed by atoms with Crippen molar-refractivity contribution in [3.63, 3.8) is 0 Å². The maximum absolute atomic E-state index is 13.4. The third-order valence-electron chi connectivity index (χ3n) is 11.8. The highest BCUT2D eigenvalue weighted by Gasteiger charge is 2.21. The molecule has 1 N–H and O–H groups in total. The third-order valence-corrected chi connectivity index (χ3v) is 15.5. The summed E-state index contributed by atoms with van der Waals surface area (Å²) in [5.74, 6) is 1.60. The summed E-state index contributed by atoms with van der Waals surface area (Å²) in [6.07, 6.45) is 39.8. The molecule has 0 saturated heterocycles. The fraction of sp³-hybridized carbons (Fsp3) is 0.980. The van der Waals surface area contributed by atoms with E-state index in [1.807, 2.05) is 23.3 Å². The van der Waals surface area contributed by atoms with Crippen LogP contribution in [-0.2, 0) is 10.0 Å². The van der Waals surface area contributed by atoms with Crippen LogP contribution in [-0.4, -0.2) is 110 Å². The highest BCUT2D eigenvalue weighted by atomic mass is 32.2. The lowest BCUT2D eigenvalue weighted by atomic mass is 10.1. The van der Waals surface area contributed by atoms with Crippen molar-refractivity contribution in [2.24, 2.45) is 0 Å². The Kier molecular flexibility index (Phi) is 44.4. The van der Waals surface area contributed by atoms with E-state index in [0.29, 0.717) is 18.8 Å². The number of hydrogen-bond donors (Lipinski definition) is 1. The molecule has 0 aliphatic rings. The predicted molar refractivity (Wildman–Crippen MR) is 271 cm³/mol. The molecular formula is C49H103N5O2S3. The minimum absolute atomic E-state index is 0.323. The first-order valence-corrected chi connectivity index (χ1v) is 28.7. The zero-order chi connectivity index (χ0) is 43.5. The minimum atomic E-state index is -3.17. The molecule has 0 radical (unpaired) electrons. The number of nitrogens with zero attached hydrogens (tertiary/aromatic N) is 4. The van der Waals surface area contributed by atoms with Gasteiger partial charge in [0.2, 0.25) is 10.0 Å². The molecule has 0 aliphatic heterocycles. The summed E-state index contributed by atoms with van der Waals surface area (Å²) >= 11 is 7.55. The van der Waals surface area contributed by atoms with E-state index in [-0.39, 0.29) is 0 Å². The summed E-state index contributed by atoms with van der Waals surface area (Å²) in [7, 11) is 0.826. The summed E-state index contributed by atoms with van der Waals surface area (Å²) in [4.78, 5) is 4.68. The van der Waals surface area contributed by atoms with E-state index in [4.69, 9.17) is 12.2 Å². The number of sulfonamides is 1. The van der Waals surface area contributed by atoms with Crippen molar-refractivity contribution in [3.05, 3.63) is 0 Å². The molecule has 0 spiro atoms. The Morgan fingerprint density at radius 2 is 0.814 bits per heavy atom. The van der Waals surface area contributed by atoms with E-state index in [1.54, 1.807) is 0 Å². The Hall–Kier alpha value is -0.130. The van der Waals surface area contributed by atoms with Gasteiger partial charge in [0.05, 0.1) is 5.75 Å². The van der Waals surface area contributed by atoms with E-state index in [9.17, 15) is 8.42 Å². The second-order valence-corrected chi connectivity index (χ2v) is 21.5. The molecule has 0 heterocycles. The molecule has 0 aromatic rings. The topological polar surface area (TPSA) is 59.1 Å². The normalized spacial score (nSPS) is 12.1. The van der Waals surface area contributed by atoms with E-state index in [2.05, 4.69) is 54.2 Å². The smallest absolute Gasteiger partial charge is 0.214 e. The first-order chi connectivity index (χ1) is 28.7. The summed E-state index contributed by atoms with van der Waals surface area (Å²) in [6.45, 7) is 17.5. The van der Waals surface area contributed by atoms with Gasteiger partial charge in [0.1, 0.15) is 0 Å². The summed E-state index contributed by atoms with van der Waals surface area (Å²) < 4.78 is 31.4. The van der Waals surface area contributed by atoms with Crippen LogP contribution in [0, 0.1) is 0 Å². The lowest BCUT2D eigenvalue weighted by molar-refractivity contribution is 0.255. The zero-order valence-electron chi connectivity index (χ0n) is 40.5. The quantitative estimate of drug-likeness (QED) is 0.0368. The van der Waals surface area contributed by atoms with Crippen LogP contribution in [0.2, 0.25) is 0 Å². The van der Waals surface area contributed by atoms with Crippen LogP contribution in [0.3, 0.4) is 0 Å². The largest absolute Gasteiger partial charge is 0.363 e. The van der Waals surface area contributed by atoms with Crippen LogP contribution in [0.4, 0.5) is 0 Å². The standard InChI is InChI=1S/C49H103N5O2S3/c1-7-11-15-19-25-33-44-53(43-32-17-13-9-3)58-47-37-27-21-23-30-40-52(42-36-29-39-50-49(57)51(5)6)41-31-24-22-28-38-48-59(55,56)54(45-34-18-14-10-4)46-35-26-20-16-12-8-2/h7-48H2,1-6H3,(H,50,57). The molecule has 0 aromatic carbocycles. The lowest BCUT2D eigenvalue weighted by Crippen LogP contribution is -2.35. The van der Waals surface area contributed by atoms with Gasteiger partial charge in [-0.2, -0.15) is 0 Å². The van der Waals surface area contributed by atoms with Gasteiger partial charge in [-0.15, -0.1) is 0 Å². The Morgan fingerprint density at radius 1 is 0.458 bits per heavy atom. The Labute approximate surface area is 380 Å². The number of rotatable bonds is 47. The van der Waals surface area contributed by atoms with Gasteiger partial charge in [0, 0.05) is 52.6 Å². The molecule has 0 unspecified atom stereocenters. The molecule has 7 nitrogen and oxygen atoms in total. The van der Waals surface area contributed by atoms with E-state index in [0.717, 1.165) is 76.1 Å². The van der Waals surface area contributed by atoms with Crippen molar-refractivity contribution in [1.82, 2.24) is 23.7 Å². The highest BCUT2D eigenvalue weighted by molar-refractivity contribution is 7.97. The molecule has 0 amide bonds. The van der Waals surface area contributed by atoms with Crippen LogP contribution < -0.4 is 5.32 Å². The second kappa shape index (κ2) is 44.5. The van der Waals surface area contributed by atoms with Crippen LogP contribution in [0.25, 0.3) is 0 Å². The third kappa shape index (κ3) is 39.2. The number of thiocarbonyl (C=S) groups is 1. The van der Waals surface area contributed by atoms with Crippen LogP contribution >= 0.6 is 24.2 Å². The minimum Gasteiger partial charge on any atom is -0.363 e. The molecule has 10 heteroatoms. The average molecular weight is 891 g/mol. The first-order valence-electron chi connectivity index (χ1n) is 25.7. The molecule has 0 aromatic heterocycles. The molecule has 0 rings (SSSR count). The van der Waals surface area contributed by atoms with Crippen molar-refractivity contribution >= 4 is 39.3 Å². The molecule has 59 heavy (non-hydrogen) atoms. The number of nitrogens with one attached hydrogen (secondary N) is 1. The van der Waals surface area contributed by atoms with Gasteiger partial charge in [-0.3, -0.25) is 4.31 Å². The Bertz CT molecular complexity index is 987. The van der Waals surface area contributed by atoms with E-state index in [1.165, 1.54) is 179 Å². The van der Waals surface area contributed by atoms with Gasteiger partial charge >= 0.3 is 0 Å². The lowest BCUT2D eigenvalue weighted by Gasteiger charge is -2.23. The van der Waals surface area contributed by atoms with Gasteiger partial charge in [0.25, 0.3) is 0 Å². The summed E-state index contributed by atoms with van der Waals surface area (Å²) in [6, 6.07) is 0. The monoisotopic (exact) mass is 890 g/mol. The van der Waals surface area contributed by atoms with Crippen molar-refractivity contribution in [1.29, 1.82) is 0 Å². The molecule has 0 atom stereocenters. The van der Waals surface area contributed by atoms with E-state index < -0.39 is 10.0 Å². The molecule has 0 bridgehead atoms. The van der Waals surface area contributed by atoms with Crippen LogP contribution in [0.15, 0.2) is 0 Å². The van der Waals surface area contributed by atoms with Crippen molar-refractivity contribution in [3.8, 4) is 0 Å². The maximum atomic E-state index is 13.4. The number of unbranched alkanes of at least 4 members (excludes halogenated alkanes) is 25. The highest BCUT2D eigenvalue weighted by Crippen LogP contribution is 2.19. The van der Waals surface area contributed by atoms with Gasteiger partial charge < -0.3 is 15.1 Å². The van der Waals surface area contributed by atoms with Gasteiger partial charge in [-0.1, -0.05) is 181 Å². The second-order valence-electron chi connectivity index (χ2n) is 17.8. The van der Waals surface area contributed by atoms with Crippen LogP contribution in [0.5, 0.6) is 0 Å². The van der Waals surface area contributed by atoms with Crippen molar-refractivity contribution in [2.45, 2.75) is 233 Å². The first kappa shape index (κ1) is 58.9. The molecule has 0 saturated carbocycles. The molecule has 0 fully saturated rings. The predicted octanol–water partition coefficient (Wildman–Crippen LogP) is 13.9. The van der Waals surface area contributed by atoms with Crippen molar-refractivity contribution in [2.75, 3.05) is 78.0 Å². The Balaban J connectivity index is 4.66. The fourth-order valence-electron chi connectivity index (χ4n) is 7.79. The summed E-state index contributed by atoms with van der Waals surface area (Å²) in [5.41, 5.74) is 0. The van der Waals surface area contributed by atoms with Crippen LogP contribution in [0.1, 0.15) is 233 Å². The molecular weight excluding hydrogens is 787 g/mol. The maximum Gasteiger partial charge on any atom is 0.214 e. The van der Waals surface area contributed by atoms with Gasteiger partial charge in [-0.05, 0) is 96.1 Å². The average Bonchev–Trinajstić information content (AvgIpc) is 3.22. The zero-order valence-corrected chi connectivity index (χ0v) is 43.0. The van der Waals surface area contributed by atoms with E-state index >= 15 is 0 Å². The molecule has 0 aliphatic carbocycles. The van der Waals surface area contributed by atoms with Crippen molar-refractivity contribution < 1.29 is 8.42 Å². The van der Waals surface area contributed by atoms with Gasteiger partial charge in [-0.25, -0.2) is 12.7 Å². The SMILES string of the molecule is CCCCCCCCN(CCCCCC)SCCCCCCCN(CCCCCCCS(=O)(=O)N(CCCCCC)CCCCCCCC)CCCCNC(=S)N(C)C. The van der Waals surface area contributed by atoms with Gasteiger partial charge in [0.15, 0.2) is 5.11 Å². The molecule has 354 valence electrons.